The van der Waals surface area contributed by atoms with Crippen molar-refractivity contribution in [2.45, 2.75) is 11.6 Å². The molecule has 7 heteroatoms. The van der Waals surface area contributed by atoms with E-state index in [1.54, 1.807) is 38.5 Å². The maximum atomic E-state index is 12.1. The van der Waals surface area contributed by atoms with Crippen LogP contribution in [0.3, 0.4) is 0 Å². The van der Waals surface area contributed by atoms with Crippen LogP contribution in [0.15, 0.2) is 72.8 Å². The molecule has 5 rings (SSSR count). The van der Waals surface area contributed by atoms with Crippen LogP contribution in [-0.2, 0) is 23.8 Å². The van der Waals surface area contributed by atoms with E-state index in [0.29, 0.717) is 22.6 Å². The lowest BCUT2D eigenvalue weighted by molar-refractivity contribution is -0.238. The molecule has 2 aromatic carbocycles. The summed E-state index contributed by atoms with van der Waals surface area (Å²) in [6.07, 6.45) is 5.67. The summed E-state index contributed by atoms with van der Waals surface area (Å²) >= 11 is 0. The van der Waals surface area contributed by atoms with Crippen LogP contribution < -0.4 is 9.47 Å². The molecule has 0 aromatic heterocycles. The minimum Gasteiger partial charge on any atom is -0.497 e. The van der Waals surface area contributed by atoms with E-state index in [4.69, 9.17) is 23.7 Å². The Hall–Kier alpha value is -3.84. The Bertz CT molecular complexity index is 1070. The van der Waals surface area contributed by atoms with Crippen LogP contribution >= 0.6 is 0 Å². The van der Waals surface area contributed by atoms with Crippen LogP contribution in [-0.4, -0.2) is 37.7 Å². The van der Waals surface area contributed by atoms with Crippen LogP contribution in [0.1, 0.15) is 11.1 Å². The number of ether oxygens (including phenoxy) is 5. The topological polar surface area (TPSA) is 80.3 Å². The number of carbonyl (C=O) groups excluding carboxylic acids is 2. The number of benzene rings is 2. The van der Waals surface area contributed by atoms with Gasteiger partial charge in [-0.2, -0.15) is 0 Å². The van der Waals surface area contributed by atoms with Gasteiger partial charge in [0.15, 0.2) is 0 Å². The zero-order chi connectivity index (χ0) is 21.6. The molecule has 0 saturated heterocycles. The Balaban J connectivity index is 1.79. The molecule has 2 spiro atoms. The molecular weight excluding hydrogens is 400 g/mol. The molecule has 3 aliphatic heterocycles. The third-order valence-corrected chi connectivity index (χ3v) is 5.39. The molecule has 0 amide bonds. The fourth-order valence-electron chi connectivity index (χ4n) is 4.05. The SMILES string of the molecule is COc1ccc(C2=C(c3ccc(OC)cc3)[C@@]3(C=CC(=O)O3)O[C@]23C=CC(=O)O3)cc1. The molecule has 2 atom stereocenters. The predicted octanol–water partition coefficient (Wildman–Crippen LogP) is 3.26. The number of rotatable bonds is 4. The maximum Gasteiger partial charge on any atom is 0.333 e. The molecule has 0 unspecified atom stereocenters. The molecule has 31 heavy (non-hydrogen) atoms. The smallest absolute Gasteiger partial charge is 0.333 e. The van der Waals surface area contributed by atoms with Gasteiger partial charge in [-0.05, 0) is 47.5 Å². The molecule has 2 aromatic rings. The van der Waals surface area contributed by atoms with Gasteiger partial charge in [-0.3, -0.25) is 4.74 Å². The number of esters is 2. The molecule has 0 N–H and O–H groups in total. The van der Waals surface area contributed by atoms with E-state index in [9.17, 15) is 9.59 Å². The summed E-state index contributed by atoms with van der Waals surface area (Å²) in [7, 11) is 3.16. The van der Waals surface area contributed by atoms with E-state index in [0.717, 1.165) is 11.1 Å². The quantitative estimate of drug-likeness (QED) is 0.705. The van der Waals surface area contributed by atoms with Crippen molar-refractivity contribution in [2.75, 3.05) is 14.2 Å². The Labute approximate surface area is 178 Å². The van der Waals surface area contributed by atoms with E-state index in [1.165, 1.54) is 24.3 Å². The number of carbonyl (C=O) groups is 2. The average molecular weight is 418 g/mol. The summed E-state index contributed by atoms with van der Waals surface area (Å²) < 4.78 is 28.1. The lowest BCUT2D eigenvalue weighted by Crippen LogP contribution is -2.38. The molecule has 0 radical (unpaired) electrons. The largest absolute Gasteiger partial charge is 0.497 e. The second kappa shape index (κ2) is 6.85. The fraction of sp³-hybridized carbons (Fsp3) is 0.167. The van der Waals surface area contributed by atoms with Crippen LogP contribution in [0.25, 0.3) is 11.1 Å². The van der Waals surface area contributed by atoms with Gasteiger partial charge in [0.05, 0.1) is 14.2 Å². The Morgan fingerprint density at radius 3 is 1.32 bits per heavy atom. The van der Waals surface area contributed by atoms with Crippen LogP contribution in [0, 0.1) is 0 Å². The minimum absolute atomic E-state index is 0.551. The first-order valence-electron chi connectivity index (χ1n) is 9.57. The lowest BCUT2D eigenvalue weighted by Gasteiger charge is -2.28. The molecule has 3 aliphatic rings. The van der Waals surface area contributed by atoms with Crippen molar-refractivity contribution in [3.8, 4) is 11.5 Å². The molecular formula is C24H18O7. The number of hydrogen-bond acceptors (Lipinski definition) is 7. The van der Waals surface area contributed by atoms with Crippen molar-refractivity contribution < 1.29 is 33.3 Å². The molecule has 3 heterocycles. The average Bonchev–Trinajstić information content (AvgIpc) is 3.43. The van der Waals surface area contributed by atoms with Crippen molar-refractivity contribution in [3.63, 3.8) is 0 Å². The van der Waals surface area contributed by atoms with Crippen LogP contribution in [0.4, 0.5) is 0 Å². The Morgan fingerprint density at radius 2 is 1.03 bits per heavy atom. The highest BCUT2D eigenvalue weighted by Gasteiger charge is 2.61. The van der Waals surface area contributed by atoms with Gasteiger partial charge in [-0.1, -0.05) is 24.3 Å². The monoisotopic (exact) mass is 418 g/mol. The minimum atomic E-state index is -1.55. The first-order valence-corrected chi connectivity index (χ1v) is 9.57. The molecule has 7 nitrogen and oxygen atoms in total. The Kier molecular flexibility index (Phi) is 4.23. The second-order valence-electron chi connectivity index (χ2n) is 7.15. The first-order chi connectivity index (χ1) is 15.0. The zero-order valence-corrected chi connectivity index (χ0v) is 16.8. The molecule has 156 valence electrons. The van der Waals surface area contributed by atoms with Gasteiger partial charge in [0.2, 0.25) is 0 Å². The van der Waals surface area contributed by atoms with Crippen LogP contribution in [0.2, 0.25) is 0 Å². The first kappa shape index (κ1) is 19.1. The number of methoxy groups -OCH3 is 2. The summed E-state index contributed by atoms with van der Waals surface area (Å²) in [5.74, 6) is -2.85. The fourth-order valence-corrected chi connectivity index (χ4v) is 4.05. The van der Waals surface area contributed by atoms with E-state index < -0.39 is 23.5 Å². The predicted molar refractivity (Wildman–Crippen MR) is 110 cm³/mol. The Morgan fingerprint density at radius 1 is 0.645 bits per heavy atom. The van der Waals surface area contributed by atoms with Gasteiger partial charge in [0.25, 0.3) is 11.6 Å². The van der Waals surface area contributed by atoms with Crippen molar-refractivity contribution in [1.29, 1.82) is 0 Å². The maximum absolute atomic E-state index is 12.1. The standard InChI is InChI=1S/C24H18O7/c1-27-17-7-3-15(4-8-17)21-22(16-5-9-18(28-2)10-6-16)24(14-12-20(26)30-24)31-23(21)13-11-19(25)29-23/h3-14H,1-2H3/t23-,24-/m1/s1. The van der Waals surface area contributed by atoms with Gasteiger partial charge >= 0.3 is 11.9 Å². The molecule has 0 aliphatic carbocycles. The lowest BCUT2D eigenvalue weighted by atomic mass is 9.87. The van der Waals surface area contributed by atoms with Gasteiger partial charge < -0.3 is 18.9 Å². The molecule has 0 saturated carbocycles. The van der Waals surface area contributed by atoms with Crippen molar-refractivity contribution >= 4 is 23.1 Å². The van der Waals surface area contributed by atoms with Crippen molar-refractivity contribution in [1.82, 2.24) is 0 Å². The summed E-state index contributed by atoms with van der Waals surface area (Å²) in [6, 6.07) is 14.5. The van der Waals surface area contributed by atoms with Gasteiger partial charge in [-0.25, -0.2) is 9.59 Å². The van der Waals surface area contributed by atoms with Crippen molar-refractivity contribution in [2.24, 2.45) is 0 Å². The second-order valence-corrected chi connectivity index (χ2v) is 7.15. The van der Waals surface area contributed by atoms with Gasteiger partial charge in [0.1, 0.15) is 11.5 Å². The summed E-state index contributed by atoms with van der Waals surface area (Å²) in [6.45, 7) is 0. The zero-order valence-electron chi connectivity index (χ0n) is 16.8. The van der Waals surface area contributed by atoms with Crippen LogP contribution in [0.5, 0.6) is 11.5 Å². The van der Waals surface area contributed by atoms with E-state index in [2.05, 4.69) is 0 Å². The van der Waals surface area contributed by atoms with Gasteiger partial charge in [-0.15, -0.1) is 0 Å². The van der Waals surface area contributed by atoms with E-state index in [-0.39, 0.29) is 0 Å². The number of hydrogen-bond donors (Lipinski definition) is 0. The normalized spacial score (nSPS) is 26.1. The highest BCUT2D eigenvalue weighted by Crippen LogP contribution is 2.56. The van der Waals surface area contributed by atoms with Crippen molar-refractivity contribution in [3.05, 3.63) is 84.0 Å². The highest BCUT2D eigenvalue weighted by atomic mass is 16.8. The third-order valence-electron chi connectivity index (χ3n) is 5.39. The molecule has 0 bridgehead atoms. The third kappa shape index (κ3) is 2.93. The molecule has 0 fully saturated rings. The highest BCUT2D eigenvalue weighted by molar-refractivity contribution is 6.05. The van der Waals surface area contributed by atoms with E-state index >= 15 is 0 Å². The summed E-state index contributed by atoms with van der Waals surface area (Å²) in [5.41, 5.74) is 2.56. The summed E-state index contributed by atoms with van der Waals surface area (Å²) in [5, 5.41) is 0. The van der Waals surface area contributed by atoms with Gasteiger partial charge in [0, 0.05) is 23.3 Å². The summed E-state index contributed by atoms with van der Waals surface area (Å²) in [4.78, 5) is 24.2. The van der Waals surface area contributed by atoms with E-state index in [1.807, 2.05) is 24.3 Å².